The molecule has 14 heavy (non-hydrogen) atoms. The zero-order valence-corrected chi connectivity index (χ0v) is 8.70. The molecule has 1 rings (SSSR count). The molecule has 0 aliphatic heterocycles. The molecule has 1 heteroatoms. The summed E-state index contributed by atoms with van der Waals surface area (Å²) in [6, 6.07) is 8.26. The highest BCUT2D eigenvalue weighted by Crippen LogP contribution is 2.05. The highest BCUT2D eigenvalue weighted by atomic mass is 14.7. The topological polar surface area (TPSA) is 12.4 Å². The average molecular weight is 185 g/mol. The van der Waals surface area contributed by atoms with Crippen molar-refractivity contribution in [3.63, 3.8) is 0 Å². The van der Waals surface area contributed by atoms with E-state index in [1.54, 1.807) is 12.3 Å². The number of hydrogen-bond acceptors (Lipinski definition) is 1. The molecular formula is C13H15N. The molecular weight excluding hydrogens is 170 g/mol. The first kappa shape index (κ1) is 10.5. The summed E-state index contributed by atoms with van der Waals surface area (Å²) in [5, 5.41) is 0. The van der Waals surface area contributed by atoms with Crippen molar-refractivity contribution in [1.29, 1.82) is 0 Å². The Kier molecular flexibility index (Phi) is 3.86. The Morgan fingerprint density at radius 1 is 1.29 bits per heavy atom. The van der Waals surface area contributed by atoms with Crippen LogP contribution in [-0.2, 0) is 0 Å². The standard InChI is InChI=1S/C13H15N/c1-4-10-14-13(5-2)12-8-6-11(3)7-9-12/h4-10H,2H2,1,3H3/b10-4-,14-13?. The molecule has 0 radical (unpaired) electrons. The molecule has 1 nitrogen and oxygen atoms in total. The van der Waals surface area contributed by atoms with Crippen LogP contribution in [0.2, 0.25) is 0 Å². The lowest BCUT2D eigenvalue weighted by Crippen LogP contribution is -1.94. The van der Waals surface area contributed by atoms with Crippen LogP contribution in [0.15, 0.2) is 54.2 Å². The van der Waals surface area contributed by atoms with Crippen molar-refractivity contribution in [1.82, 2.24) is 0 Å². The van der Waals surface area contributed by atoms with Gasteiger partial charge in [0.2, 0.25) is 0 Å². The third kappa shape index (κ3) is 2.70. The molecule has 0 N–H and O–H groups in total. The van der Waals surface area contributed by atoms with Gasteiger partial charge in [0.1, 0.15) is 0 Å². The number of aryl methyl sites for hydroxylation is 1. The van der Waals surface area contributed by atoms with Crippen molar-refractivity contribution < 1.29 is 0 Å². The van der Waals surface area contributed by atoms with Gasteiger partial charge in [-0.2, -0.15) is 0 Å². The zero-order valence-electron chi connectivity index (χ0n) is 8.70. The molecule has 0 aliphatic rings. The number of nitrogens with zero attached hydrogens (tertiary/aromatic N) is 1. The van der Waals surface area contributed by atoms with Gasteiger partial charge in [0.15, 0.2) is 0 Å². The molecule has 0 bridgehead atoms. The maximum atomic E-state index is 4.28. The molecule has 0 aromatic heterocycles. The molecule has 0 heterocycles. The van der Waals surface area contributed by atoms with E-state index >= 15 is 0 Å². The maximum absolute atomic E-state index is 4.28. The van der Waals surface area contributed by atoms with Crippen molar-refractivity contribution in [3.8, 4) is 0 Å². The van der Waals surface area contributed by atoms with Gasteiger partial charge in [-0.05, 0) is 19.9 Å². The third-order valence-electron chi connectivity index (χ3n) is 1.90. The van der Waals surface area contributed by atoms with Gasteiger partial charge in [0, 0.05) is 11.8 Å². The average Bonchev–Trinajstić information content (AvgIpc) is 2.21. The highest BCUT2D eigenvalue weighted by molar-refractivity contribution is 6.08. The van der Waals surface area contributed by atoms with E-state index in [1.165, 1.54) is 5.56 Å². The molecule has 0 atom stereocenters. The van der Waals surface area contributed by atoms with E-state index in [0.717, 1.165) is 11.3 Å². The maximum Gasteiger partial charge on any atom is 0.0695 e. The van der Waals surface area contributed by atoms with Crippen molar-refractivity contribution in [2.45, 2.75) is 13.8 Å². The minimum atomic E-state index is 0.906. The normalized spacial score (nSPS) is 12.0. The lowest BCUT2D eigenvalue weighted by Gasteiger charge is -2.00. The largest absolute Gasteiger partial charge is 0.257 e. The zero-order chi connectivity index (χ0) is 10.4. The van der Waals surface area contributed by atoms with E-state index in [0.29, 0.717) is 0 Å². The number of aliphatic imine (C=N–C) groups is 1. The number of allylic oxidation sites excluding steroid dienone is 2. The SMILES string of the molecule is C=CC(=N/C=C\C)c1ccc(C)cc1. The Morgan fingerprint density at radius 2 is 1.93 bits per heavy atom. The molecule has 0 aliphatic carbocycles. The fourth-order valence-electron chi connectivity index (χ4n) is 1.12. The van der Waals surface area contributed by atoms with Crippen LogP contribution in [0.4, 0.5) is 0 Å². The molecule has 1 aromatic carbocycles. The fourth-order valence-corrected chi connectivity index (χ4v) is 1.12. The second-order valence-corrected chi connectivity index (χ2v) is 3.07. The molecule has 72 valence electrons. The quantitative estimate of drug-likeness (QED) is 0.639. The molecule has 0 saturated heterocycles. The summed E-state index contributed by atoms with van der Waals surface area (Å²) in [7, 11) is 0. The Hall–Kier alpha value is -1.63. The lowest BCUT2D eigenvalue weighted by molar-refractivity contribution is 1.45. The van der Waals surface area contributed by atoms with E-state index in [-0.39, 0.29) is 0 Å². The molecule has 0 saturated carbocycles. The summed E-state index contributed by atoms with van der Waals surface area (Å²) in [5.74, 6) is 0. The Labute approximate surface area is 85.5 Å². The number of rotatable bonds is 3. The summed E-state index contributed by atoms with van der Waals surface area (Å²) >= 11 is 0. The van der Waals surface area contributed by atoms with Gasteiger partial charge in [-0.1, -0.05) is 42.5 Å². The van der Waals surface area contributed by atoms with Gasteiger partial charge in [-0.15, -0.1) is 0 Å². The molecule has 0 amide bonds. The van der Waals surface area contributed by atoms with Crippen LogP contribution in [0, 0.1) is 6.92 Å². The van der Waals surface area contributed by atoms with Crippen molar-refractivity contribution in [2.75, 3.05) is 0 Å². The van der Waals surface area contributed by atoms with Crippen LogP contribution in [-0.4, -0.2) is 5.71 Å². The minimum absolute atomic E-state index is 0.906. The molecule has 0 spiro atoms. The summed E-state index contributed by atoms with van der Waals surface area (Å²) < 4.78 is 0. The Morgan fingerprint density at radius 3 is 2.43 bits per heavy atom. The van der Waals surface area contributed by atoms with E-state index in [1.807, 2.05) is 13.0 Å². The van der Waals surface area contributed by atoms with Crippen molar-refractivity contribution >= 4 is 5.71 Å². The Bertz CT molecular complexity index is 355. The summed E-state index contributed by atoms with van der Waals surface area (Å²) in [4.78, 5) is 4.28. The van der Waals surface area contributed by atoms with Crippen LogP contribution in [0.1, 0.15) is 18.1 Å². The molecule has 0 unspecified atom stereocenters. The monoisotopic (exact) mass is 185 g/mol. The van der Waals surface area contributed by atoms with E-state index in [2.05, 4.69) is 42.8 Å². The summed E-state index contributed by atoms with van der Waals surface area (Å²) in [5.41, 5.74) is 3.26. The first-order valence-electron chi connectivity index (χ1n) is 4.66. The van der Waals surface area contributed by atoms with Crippen LogP contribution >= 0.6 is 0 Å². The first-order valence-corrected chi connectivity index (χ1v) is 4.66. The van der Waals surface area contributed by atoms with Gasteiger partial charge in [0.05, 0.1) is 5.71 Å². The predicted molar refractivity (Wildman–Crippen MR) is 62.7 cm³/mol. The number of benzene rings is 1. The van der Waals surface area contributed by atoms with Crippen LogP contribution in [0.5, 0.6) is 0 Å². The van der Waals surface area contributed by atoms with Crippen LogP contribution in [0.3, 0.4) is 0 Å². The van der Waals surface area contributed by atoms with Crippen LogP contribution in [0.25, 0.3) is 0 Å². The van der Waals surface area contributed by atoms with E-state index in [4.69, 9.17) is 0 Å². The smallest absolute Gasteiger partial charge is 0.0695 e. The van der Waals surface area contributed by atoms with Gasteiger partial charge in [0.25, 0.3) is 0 Å². The van der Waals surface area contributed by atoms with Crippen LogP contribution < -0.4 is 0 Å². The second kappa shape index (κ2) is 5.18. The van der Waals surface area contributed by atoms with E-state index in [9.17, 15) is 0 Å². The highest BCUT2D eigenvalue weighted by Gasteiger charge is 1.96. The summed E-state index contributed by atoms with van der Waals surface area (Å²) in [6.07, 6.45) is 5.44. The number of hydrogen-bond donors (Lipinski definition) is 0. The lowest BCUT2D eigenvalue weighted by atomic mass is 10.1. The van der Waals surface area contributed by atoms with Gasteiger partial charge >= 0.3 is 0 Å². The van der Waals surface area contributed by atoms with Gasteiger partial charge in [-0.3, -0.25) is 4.99 Å². The first-order chi connectivity index (χ1) is 6.77. The van der Waals surface area contributed by atoms with Gasteiger partial charge < -0.3 is 0 Å². The minimum Gasteiger partial charge on any atom is -0.257 e. The fraction of sp³-hybridized carbons (Fsp3) is 0.154. The molecule has 1 aromatic rings. The second-order valence-electron chi connectivity index (χ2n) is 3.07. The predicted octanol–water partition coefficient (Wildman–Crippen LogP) is 3.50. The van der Waals surface area contributed by atoms with Crippen molar-refractivity contribution in [3.05, 3.63) is 60.3 Å². The van der Waals surface area contributed by atoms with E-state index < -0.39 is 0 Å². The third-order valence-corrected chi connectivity index (χ3v) is 1.90. The van der Waals surface area contributed by atoms with Gasteiger partial charge in [-0.25, -0.2) is 0 Å². The van der Waals surface area contributed by atoms with Crippen molar-refractivity contribution in [2.24, 2.45) is 4.99 Å². The molecule has 0 fully saturated rings. The summed E-state index contributed by atoms with van der Waals surface area (Å²) in [6.45, 7) is 7.76. The Balaban J connectivity index is 3.01.